The SMILES string of the molecule is CC1(C)C(=O)NCCN1C(=O)c1ccc(-c2ccc3c(c2)OCCO3)s1. The number of nitrogens with one attached hydrogen (secondary N) is 1. The second-order valence-electron chi connectivity index (χ2n) is 6.79. The van der Waals surface area contributed by atoms with Gasteiger partial charge in [-0.25, -0.2) is 0 Å². The molecule has 2 aliphatic heterocycles. The van der Waals surface area contributed by atoms with E-state index in [1.807, 2.05) is 30.3 Å². The minimum Gasteiger partial charge on any atom is -0.486 e. The number of hydrogen-bond donors (Lipinski definition) is 1. The fraction of sp³-hybridized carbons (Fsp3) is 0.368. The molecule has 0 saturated carbocycles. The van der Waals surface area contributed by atoms with E-state index < -0.39 is 5.54 Å². The maximum atomic E-state index is 12.9. The van der Waals surface area contributed by atoms with Crippen LogP contribution in [0.2, 0.25) is 0 Å². The van der Waals surface area contributed by atoms with Gasteiger partial charge in [-0.15, -0.1) is 11.3 Å². The highest BCUT2D eigenvalue weighted by Gasteiger charge is 2.41. The van der Waals surface area contributed by atoms with E-state index in [0.29, 0.717) is 31.2 Å². The van der Waals surface area contributed by atoms with Crippen LogP contribution in [0.4, 0.5) is 0 Å². The second kappa shape index (κ2) is 6.32. The average molecular weight is 372 g/mol. The van der Waals surface area contributed by atoms with Gasteiger partial charge in [-0.05, 0) is 49.7 Å². The topological polar surface area (TPSA) is 67.9 Å². The molecule has 1 fully saturated rings. The summed E-state index contributed by atoms with van der Waals surface area (Å²) in [7, 11) is 0. The number of carbonyl (C=O) groups excluding carboxylic acids is 2. The van der Waals surface area contributed by atoms with E-state index in [1.54, 1.807) is 18.7 Å². The minimum absolute atomic E-state index is 0.112. The fourth-order valence-electron chi connectivity index (χ4n) is 3.19. The number of amides is 2. The second-order valence-corrected chi connectivity index (χ2v) is 7.88. The molecule has 0 atom stereocenters. The predicted molar refractivity (Wildman–Crippen MR) is 98.9 cm³/mol. The minimum atomic E-state index is -0.851. The van der Waals surface area contributed by atoms with Crippen LogP contribution in [0.15, 0.2) is 30.3 Å². The van der Waals surface area contributed by atoms with Crippen LogP contribution in [-0.4, -0.2) is 48.6 Å². The van der Waals surface area contributed by atoms with E-state index >= 15 is 0 Å². The Kier molecular flexibility index (Phi) is 4.11. The van der Waals surface area contributed by atoms with Gasteiger partial charge in [-0.3, -0.25) is 9.59 Å². The quantitative estimate of drug-likeness (QED) is 0.880. The molecule has 2 amide bonds. The van der Waals surface area contributed by atoms with Gasteiger partial charge >= 0.3 is 0 Å². The molecule has 0 aliphatic carbocycles. The zero-order chi connectivity index (χ0) is 18.3. The van der Waals surface area contributed by atoms with Gasteiger partial charge in [0.25, 0.3) is 5.91 Å². The summed E-state index contributed by atoms with van der Waals surface area (Å²) in [6.45, 7) is 5.63. The van der Waals surface area contributed by atoms with Crippen molar-refractivity contribution in [2.75, 3.05) is 26.3 Å². The molecular weight excluding hydrogens is 352 g/mol. The molecule has 2 aliphatic rings. The van der Waals surface area contributed by atoms with Crippen LogP contribution in [0.1, 0.15) is 23.5 Å². The van der Waals surface area contributed by atoms with Crippen LogP contribution >= 0.6 is 11.3 Å². The zero-order valence-electron chi connectivity index (χ0n) is 14.7. The lowest BCUT2D eigenvalue weighted by atomic mass is 9.98. The van der Waals surface area contributed by atoms with Gasteiger partial charge in [0.1, 0.15) is 18.8 Å². The Labute approximate surface area is 155 Å². The largest absolute Gasteiger partial charge is 0.486 e. The number of carbonyl (C=O) groups is 2. The van der Waals surface area contributed by atoms with Crippen molar-refractivity contribution in [3.8, 4) is 21.9 Å². The molecule has 1 N–H and O–H groups in total. The molecule has 3 heterocycles. The van der Waals surface area contributed by atoms with E-state index in [4.69, 9.17) is 9.47 Å². The van der Waals surface area contributed by atoms with E-state index in [-0.39, 0.29) is 11.8 Å². The monoisotopic (exact) mass is 372 g/mol. The third-order valence-corrected chi connectivity index (χ3v) is 5.86. The summed E-state index contributed by atoms with van der Waals surface area (Å²) < 4.78 is 11.2. The summed E-state index contributed by atoms with van der Waals surface area (Å²) in [4.78, 5) is 28.3. The Bertz CT molecular complexity index is 874. The van der Waals surface area contributed by atoms with Crippen LogP contribution in [0.5, 0.6) is 11.5 Å². The molecule has 26 heavy (non-hydrogen) atoms. The summed E-state index contributed by atoms with van der Waals surface area (Å²) in [5.74, 6) is 1.23. The van der Waals surface area contributed by atoms with E-state index in [2.05, 4.69) is 5.32 Å². The Hall–Kier alpha value is -2.54. The third kappa shape index (κ3) is 2.82. The summed E-state index contributed by atoms with van der Waals surface area (Å²) in [6, 6.07) is 9.55. The average Bonchev–Trinajstić information content (AvgIpc) is 3.13. The van der Waals surface area contributed by atoms with Crippen LogP contribution in [0, 0.1) is 0 Å². The van der Waals surface area contributed by atoms with Crippen LogP contribution in [0.25, 0.3) is 10.4 Å². The van der Waals surface area contributed by atoms with Gasteiger partial charge in [0, 0.05) is 18.0 Å². The number of thiophene rings is 1. The van der Waals surface area contributed by atoms with Gasteiger partial charge in [0.05, 0.1) is 4.88 Å². The van der Waals surface area contributed by atoms with E-state index in [1.165, 1.54) is 11.3 Å². The molecule has 1 saturated heterocycles. The smallest absolute Gasteiger partial charge is 0.264 e. The highest BCUT2D eigenvalue weighted by molar-refractivity contribution is 7.17. The number of nitrogens with zero attached hydrogens (tertiary/aromatic N) is 1. The first-order valence-electron chi connectivity index (χ1n) is 8.57. The summed E-state index contributed by atoms with van der Waals surface area (Å²) in [5.41, 5.74) is 0.130. The van der Waals surface area contributed by atoms with Crippen molar-refractivity contribution in [3.63, 3.8) is 0 Å². The maximum Gasteiger partial charge on any atom is 0.264 e. The summed E-state index contributed by atoms with van der Waals surface area (Å²) >= 11 is 1.42. The number of rotatable bonds is 2. The Morgan fingerprint density at radius 3 is 2.73 bits per heavy atom. The molecule has 136 valence electrons. The van der Waals surface area contributed by atoms with Gasteiger partial charge in [-0.1, -0.05) is 0 Å². The molecule has 0 radical (unpaired) electrons. The van der Waals surface area contributed by atoms with Crippen molar-refractivity contribution in [2.45, 2.75) is 19.4 Å². The molecule has 7 heteroatoms. The third-order valence-electron chi connectivity index (χ3n) is 4.74. The van der Waals surface area contributed by atoms with Gasteiger partial charge in [0.2, 0.25) is 5.91 Å². The van der Waals surface area contributed by atoms with E-state index in [0.717, 1.165) is 21.9 Å². The fourth-order valence-corrected chi connectivity index (χ4v) is 4.14. The maximum absolute atomic E-state index is 12.9. The van der Waals surface area contributed by atoms with Crippen molar-refractivity contribution < 1.29 is 19.1 Å². The summed E-state index contributed by atoms with van der Waals surface area (Å²) in [5, 5.41) is 2.81. The number of benzene rings is 1. The number of piperazine rings is 1. The number of ether oxygens (including phenoxy) is 2. The molecular formula is C19H20N2O4S. The van der Waals surface area contributed by atoms with Crippen molar-refractivity contribution in [1.29, 1.82) is 0 Å². The molecule has 1 aromatic heterocycles. The molecule has 1 aromatic carbocycles. The van der Waals surface area contributed by atoms with Crippen molar-refractivity contribution >= 4 is 23.2 Å². The predicted octanol–water partition coefficient (Wildman–Crippen LogP) is 2.54. The standard InChI is InChI=1S/C19H20N2O4S/c1-19(2)18(23)20-7-8-21(19)17(22)16-6-5-15(26-16)12-3-4-13-14(11-12)25-10-9-24-13/h3-6,11H,7-10H2,1-2H3,(H,20,23). The number of hydrogen-bond acceptors (Lipinski definition) is 5. The molecule has 0 spiro atoms. The Balaban J connectivity index is 1.60. The lowest BCUT2D eigenvalue weighted by Crippen LogP contribution is -2.63. The first-order valence-corrected chi connectivity index (χ1v) is 9.38. The van der Waals surface area contributed by atoms with Crippen molar-refractivity contribution in [2.24, 2.45) is 0 Å². The zero-order valence-corrected chi connectivity index (χ0v) is 15.5. The first-order chi connectivity index (χ1) is 12.5. The Morgan fingerprint density at radius 2 is 1.92 bits per heavy atom. The molecule has 0 unspecified atom stereocenters. The lowest BCUT2D eigenvalue weighted by molar-refractivity contribution is -0.133. The van der Waals surface area contributed by atoms with Crippen molar-refractivity contribution in [3.05, 3.63) is 35.2 Å². The number of fused-ring (bicyclic) bond motifs is 1. The van der Waals surface area contributed by atoms with Gasteiger partial charge in [0.15, 0.2) is 11.5 Å². The molecule has 6 nitrogen and oxygen atoms in total. The van der Waals surface area contributed by atoms with Gasteiger partial charge < -0.3 is 19.7 Å². The highest BCUT2D eigenvalue weighted by atomic mass is 32.1. The first kappa shape index (κ1) is 16.9. The molecule has 4 rings (SSSR count). The van der Waals surface area contributed by atoms with Crippen molar-refractivity contribution in [1.82, 2.24) is 10.2 Å². The normalized spacial score (nSPS) is 18.4. The highest BCUT2D eigenvalue weighted by Crippen LogP contribution is 2.37. The van der Waals surface area contributed by atoms with Crippen LogP contribution in [-0.2, 0) is 4.79 Å². The lowest BCUT2D eigenvalue weighted by Gasteiger charge is -2.40. The van der Waals surface area contributed by atoms with E-state index in [9.17, 15) is 9.59 Å². The van der Waals surface area contributed by atoms with Gasteiger partial charge in [-0.2, -0.15) is 0 Å². The summed E-state index contributed by atoms with van der Waals surface area (Å²) in [6.07, 6.45) is 0. The molecule has 2 aromatic rings. The Morgan fingerprint density at radius 1 is 1.15 bits per heavy atom. The van der Waals surface area contributed by atoms with Crippen LogP contribution < -0.4 is 14.8 Å². The van der Waals surface area contributed by atoms with Crippen LogP contribution in [0.3, 0.4) is 0 Å². The molecule has 0 bridgehead atoms.